The lowest BCUT2D eigenvalue weighted by Gasteiger charge is -2.30. The number of nitrogens with zero attached hydrogens (tertiary/aromatic N) is 1. The fourth-order valence-corrected chi connectivity index (χ4v) is 4.79. The van der Waals surface area contributed by atoms with Gasteiger partial charge in [0.05, 0.1) is 10.5 Å². The van der Waals surface area contributed by atoms with Crippen molar-refractivity contribution in [3.05, 3.63) is 57.4 Å². The number of pyridine rings is 1. The molecule has 1 fully saturated rings. The fourth-order valence-electron chi connectivity index (χ4n) is 3.75. The number of halogens is 4. The molecule has 4 nitrogen and oxygen atoms in total. The van der Waals surface area contributed by atoms with Gasteiger partial charge in [-0.05, 0) is 49.3 Å². The average molecular weight is 454 g/mol. The molecule has 1 aliphatic rings. The number of alkyl halides is 3. The Kier molecular flexibility index (Phi) is 5.88. The summed E-state index contributed by atoms with van der Waals surface area (Å²) in [7, 11) is 0. The highest BCUT2D eigenvalue weighted by molar-refractivity contribution is 7.12. The van der Waals surface area contributed by atoms with Crippen LogP contribution in [-0.2, 0) is 6.18 Å². The van der Waals surface area contributed by atoms with E-state index in [1.165, 1.54) is 11.3 Å². The van der Waals surface area contributed by atoms with Crippen LogP contribution in [0.5, 0.6) is 0 Å². The van der Waals surface area contributed by atoms with Crippen molar-refractivity contribution in [2.75, 3.05) is 5.32 Å². The molecule has 0 saturated heterocycles. The number of benzene rings is 1. The lowest BCUT2D eigenvalue weighted by Crippen LogP contribution is -2.40. The molecule has 0 bridgehead atoms. The molecule has 1 aliphatic carbocycles. The number of carbonyl (C=O) groups is 1. The summed E-state index contributed by atoms with van der Waals surface area (Å²) in [5, 5.41) is 9.15. The van der Waals surface area contributed by atoms with Crippen molar-refractivity contribution in [2.45, 2.75) is 43.9 Å². The van der Waals surface area contributed by atoms with Gasteiger partial charge in [0.1, 0.15) is 10.6 Å². The van der Waals surface area contributed by atoms with Crippen molar-refractivity contribution < 1.29 is 18.0 Å². The van der Waals surface area contributed by atoms with Gasteiger partial charge in [-0.1, -0.05) is 29.8 Å². The minimum Gasteiger partial charge on any atom is -0.382 e. The zero-order valence-corrected chi connectivity index (χ0v) is 17.4. The van der Waals surface area contributed by atoms with Gasteiger partial charge in [0, 0.05) is 23.2 Å². The first kappa shape index (κ1) is 20.9. The van der Waals surface area contributed by atoms with Gasteiger partial charge in [-0.3, -0.25) is 4.79 Å². The fraction of sp³-hybridized carbons (Fsp3) is 0.333. The molecule has 1 saturated carbocycles. The molecule has 0 spiro atoms. The zero-order chi connectivity index (χ0) is 21.3. The minimum absolute atomic E-state index is 0.0219. The number of nitrogens with one attached hydrogen (secondary N) is 2. The Morgan fingerprint density at radius 3 is 2.47 bits per heavy atom. The summed E-state index contributed by atoms with van der Waals surface area (Å²) in [6, 6.07) is 9.62. The first-order chi connectivity index (χ1) is 14.3. The molecule has 2 aromatic heterocycles. The average Bonchev–Trinajstić information content (AvgIpc) is 3.15. The standard InChI is InChI=1S/C21H19ClF3N3OS/c22-15-9-10-30-19(15)20(29)27-13-7-5-12(6-8-13)26-17-11-18(21(23,24)25)28-16-4-2-1-3-14(16)17/h1-4,9-13H,5-8H2,(H,26,28)(H,27,29)/t12-,13+. The number of thiophene rings is 1. The van der Waals surface area contributed by atoms with Crippen LogP contribution in [0.3, 0.4) is 0 Å². The number of carbonyl (C=O) groups excluding carboxylic acids is 1. The van der Waals surface area contributed by atoms with E-state index in [4.69, 9.17) is 11.6 Å². The molecular formula is C21H19ClF3N3OS. The lowest BCUT2D eigenvalue weighted by atomic mass is 9.90. The van der Waals surface area contributed by atoms with Crippen LogP contribution >= 0.6 is 22.9 Å². The second-order valence-electron chi connectivity index (χ2n) is 7.33. The Morgan fingerprint density at radius 1 is 1.10 bits per heavy atom. The second kappa shape index (κ2) is 8.43. The van der Waals surface area contributed by atoms with Crippen LogP contribution in [-0.4, -0.2) is 23.0 Å². The molecule has 158 valence electrons. The molecule has 0 radical (unpaired) electrons. The summed E-state index contributed by atoms with van der Waals surface area (Å²) >= 11 is 7.31. The summed E-state index contributed by atoms with van der Waals surface area (Å²) in [6.07, 6.45) is -1.56. The Labute approximate surface area is 180 Å². The quantitative estimate of drug-likeness (QED) is 0.500. The van der Waals surface area contributed by atoms with Crippen LogP contribution in [0.1, 0.15) is 41.0 Å². The van der Waals surface area contributed by atoms with Crippen LogP contribution in [0.2, 0.25) is 5.02 Å². The number of amides is 1. The third-order valence-corrected chi connectivity index (χ3v) is 6.59. The van der Waals surface area contributed by atoms with Gasteiger partial charge in [0.2, 0.25) is 0 Å². The predicted octanol–water partition coefficient (Wildman–Crippen LogP) is 6.12. The third-order valence-electron chi connectivity index (χ3n) is 5.25. The monoisotopic (exact) mass is 453 g/mol. The van der Waals surface area contributed by atoms with Crippen molar-refractivity contribution in [1.29, 1.82) is 0 Å². The zero-order valence-electron chi connectivity index (χ0n) is 15.8. The highest BCUT2D eigenvalue weighted by Crippen LogP contribution is 2.34. The molecule has 1 aromatic carbocycles. The van der Waals surface area contributed by atoms with Crippen LogP contribution in [0.25, 0.3) is 10.9 Å². The first-order valence-corrected chi connectivity index (χ1v) is 10.8. The summed E-state index contributed by atoms with van der Waals surface area (Å²) in [6.45, 7) is 0. The van der Waals surface area contributed by atoms with Crippen LogP contribution < -0.4 is 10.6 Å². The van der Waals surface area contributed by atoms with E-state index >= 15 is 0 Å². The SMILES string of the molecule is O=C(N[C@H]1CC[C@@H](Nc2cc(C(F)(F)F)nc3ccccc23)CC1)c1sccc1Cl. The number of aromatic nitrogens is 1. The van der Waals surface area contributed by atoms with E-state index in [-0.39, 0.29) is 18.0 Å². The lowest BCUT2D eigenvalue weighted by molar-refractivity contribution is -0.140. The highest BCUT2D eigenvalue weighted by Gasteiger charge is 2.34. The normalized spacial score (nSPS) is 19.6. The van der Waals surface area contributed by atoms with Crippen molar-refractivity contribution >= 4 is 45.4 Å². The van der Waals surface area contributed by atoms with Crippen molar-refractivity contribution in [3.63, 3.8) is 0 Å². The largest absolute Gasteiger partial charge is 0.433 e. The van der Waals surface area contributed by atoms with Crippen LogP contribution in [0.4, 0.5) is 18.9 Å². The van der Waals surface area contributed by atoms with E-state index in [2.05, 4.69) is 15.6 Å². The Morgan fingerprint density at radius 2 is 1.80 bits per heavy atom. The molecule has 0 atom stereocenters. The van der Waals surface area contributed by atoms with Crippen LogP contribution in [0, 0.1) is 0 Å². The van der Waals surface area contributed by atoms with Gasteiger partial charge >= 0.3 is 6.18 Å². The van der Waals surface area contributed by atoms with Crippen LogP contribution in [0.15, 0.2) is 41.8 Å². The van der Waals surface area contributed by atoms with E-state index in [0.717, 1.165) is 31.7 Å². The molecule has 3 aromatic rings. The minimum atomic E-state index is -4.51. The van der Waals surface area contributed by atoms with Gasteiger partial charge in [-0.25, -0.2) is 4.98 Å². The third kappa shape index (κ3) is 4.54. The van der Waals surface area contributed by atoms with Crippen molar-refractivity contribution in [3.8, 4) is 0 Å². The molecule has 4 rings (SSSR count). The summed E-state index contributed by atoms with van der Waals surface area (Å²) < 4.78 is 39.8. The molecule has 2 N–H and O–H groups in total. The maximum absolute atomic E-state index is 13.3. The molecule has 2 heterocycles. The van der Waals surface area contributed by atoms with E-state index in [1.807, 2.05) is 0 Å². The number of para-hydroxylation sites is 1. The highest BCUT2D eigenvalue weighted by atomic mass is 35.5. The molecular weight excluding hydrogens is 435 g/mol. The number of rotatable bonds is 4. The van der Waals surface area contributed by atoms with E-state index in [0.29, 0.717) is 26.5 Å². The maximum atomic E-state index is 13.3. The summed E-state index contributed by atoms with van der Waals surface area (Å²) in [5.74, 6) is -0.179. The predicted molar refractivity (Wildman–Crippen MR) is 113 cm³/mol. The van der Waals surface area contributed by atoms with E-state index < -0.39 is 11.9 Å². The topological polar surface area (TPSA) is 54.0 Å². The number of anilines is 1. The molecule has 0 aliphatic heterocycles. The maximum Gasteiger partial charge on any atom is 0.433 e. The number of fused-ring (bicyclic) bond motifs is 1. The summed E-state index contributed by atoms with van der Waals surface area (Å²) in [4.78, 5) is 16.6. The second-order valence-corrected chi connectivity index (χ2v) is 8.66. The molecule has 0 unspecified atom stereocenters. The van der Waals surface area contributed by atoms with Crippen molar-refractivity contribution in [1.82, 2.24) is 10.3 Å². The van der Waals surface area contributed by atoms with Gasteiger partial charge in [-0.2, -0.15) is 13.2 Å². The molecule has 30 heavy (non-hydrogen) atoms. The van der Waals surface area contributed by atoms with Gasteiger partial charge < -0.3 is 10.6 Å². The Bertz CT molecular complexity index is 1060. The van der Waals surface area contributed by atoms with Gasteiger partial charge in [0.25, 0.3) is 5.91 Å². The molecule has 1 amide bonds. The first-order valence-electron chi connectivity index (χ1n) is 9.58. The number of hydrogen-bond donors (Lipinski definition) is 2. The number of hydrogen-bond acceptors (Lipinski definition) is 4. The van der Waals surface area contributed by atoms with Crippen molar-refractivity contribution in [2.24, 2.45) is 0 Å². The van der Waals surface area contributed by atoms with E-state index in [1.54, 1.807) is 35.7 Å². The summed E-state index contributed by atoms with van der Waals surface area (Å²) in [5.41, 5.74) is -0.160. The van der Waals surface area contributed by atoms with E-state index in [9.17, 15) is 18.0 Å². The molecule has 9 heteroatoms. The Balaban J connectivity index is 1.43. The van der Waals surface area contributed by atoms with Gasteiger partial charge in [0.15, 0.2) is 0 Å². The van der Waals surface area contributed by atoms with Gasteiger partial charge in [-0.15, -0.1) is 11.3 Å². The Hall–Kier alpha value is -2.32. The smallest absolute Gasteiger partial charge is 0.382 e.